The van der Waals surface area contributed by atoms with Gasteiger partial charge in [-0.3, -0.25) is 9.71 Å². The Morgan fingerprint density at radius 3 is 2.50 bits per heavy atom. The average Bonchev–Trinajstić information content (AvgIpc) is 2.74. The topological polar surface area (TPSA) is 97.2 Å². The number of ether oxygens (including phenoxy) is 2. The zero-order valence-corrected chi connectivity index (χ0v) is 17.7. The lowest BCUT2D eigenvalue weighted by atomic mass is 10.2. The van der Waals surface area contributed by atoms with Crippen molar-refractivity contribution in [1.82, 2.24) is 0 Å². The van der Waals surface area contributed by atoms with E-state index in [1.54, 1.807) is 42.5 Å². The number of phenols is 1. The van der Waals surface area contributed by atoms with E-state index in [4.69, 9.17) is 21.1 Å². The fraction of sp³-hybridized carbons (Fsp3) is 0.0952. The second kappa shape index (κ2) is 9.06. The van der Waals surface area contributed by atoms with E-state index in [1.165, 1.54) is 38.6 Å². The number of aromatic hydroxyl groups is 1. The van der Waals surface area contributed by atoms with Crippen molar-refractivity contribution in [3.05, 3.63) is 71.2 Å². The molecule has 0 fully saturated rings. The molecule has 0 saturated heterocycles. The minimum absolute atomic E-state index is 0.0151. The third kappa shape index (κ3) is 4.84. The van der Waals surface area contributed by atoms with Crippen molar-refractivity contribution < 1.29 is 23.0 Å². The smallest absolute Gasteiger partial charge is 0.265 e. The van der Waals surface area contributed by atoms with Gasteiger partial charge in [-0.25, -0.2) is 8.42 Å². The maximum atomic E-state index is 12.9. The number of nitrogens with zero attached hydrogens (tertiary/aromatic N) is 1. The van der Waals surface area contributed by atoms with E-state index in [9.17, 15) is 13.5 Å². The number of aliphatic imine (C=N–C) groups is 1. The zero-order valence-electron chi connectivity index (χ0n) is 16.2. The lowest BCUT2D eigenvalue weighted by Crippen LogP contribution is -2.14. The van der Waals surface area contributed by atoms with Crippen LogP contribution in [0, 0.1) is 0 Å². The number of sulfonamides is 1. The molecule has 0 amide bonds. The molecule has 2 N–H and O–H groups in total. The molecule has 3 aromatic rings. The van der Waals surface area contributed by atoms with Crippen LogP contribution in [0.15, 0.2) is 70.6 Å². The lowest BCUT2D eigenvalue weighted by molar-refractivity contribution is 0.403. The molecule has 0 atom stereocenters. The molecule has 0 radical (unpaired) electrons. The molecular formula is C21H19ClN2O5S. The van der Waals surface area contributed by atoms with Crippen molar-refractivity contribution in [2.24, 2.45) is 4.99 Å². The molecule has 0 heterocycles. The zero-order chi connectivity index (χ0) is 21.7. The van der Waals surface area contributed by atoms with Gasteiger partial charge in [-0.2, -0.15) is 0 Å². The van der Waals surface area contributed by atoms with Gasteiger partial charge in [0.15, 0.2) is 0 Å². The van der Waals surface area contributed by atoms with Crippen molar-refractivity contribution in [2.75, 3.05) is 18.9 Å². The number of phenolic OH excluding ortho intramolecular Hbond substituents is 1. The van der Waals surface area contributed by atoms with E-state index in [0.717, 1.165) is 0 Å². The maximum absolute atomic E-state index is 12.9. The molecule has 156 valence electrons. The molecule has 0 saturated carbocycles. The largest absolute Gasteiger partial charge is 0.507 e. The van der Waals surface area contributed by atoms with Crippen LogP contribution in [0.3, 0.4) is 0 Å². The van der Waals surface area contributed by atoms with Gasteiger partial charge in [0.1, 0.15) is 22.1 Å². The Labute approximate surface area is 179 Å². The minimum atomic E-state index is -4.01. The fourth-order valence-corrected chi connectivity index (χ4v) is 4.12. The third-order valence-electron chi connectivity index (χ3n) is 4.14. The molecular weight excluding hydrogens is 428 g/mol. The third-order valence-corrected chi connectivity index (χ3v) is 5.86. The van der Waals surface area contributed by atoms with Crippen LogP contribution in [-0.2, 0) is 10.0 Å². The van der Waals surface area contributed by atoms with E-state index < -0.39 is 10.0 Å². The van der Waals surface area contributed by atoms with E-state index >= 15 is 0 Å². The van der Waals surface area contributed by atoms with Crippen molar-refractivity contribution in [3.63, 3.8) is 0 Å². The van der Waals surface area contributed by atoms with Crippen molar-refractivity contribution in [1.29, 1.82) is 0 Å². The van der Waals surface area contributed by atoms with Gasteiger partial charge in [0, 0.05) is 11.8 Å². The monoisotopic (exact) mass is 446 g/mol. The van der Waals surface area contributed by atoms with Crippen LogP contribution in [-0.4, -0.2) is 34.0 Å². The van der Waals surface area contributed by atoms with Crippen LogP contribution in [0.5, 0.6) is 17.2 Å². The van der Waals surface area contributed by atoms with Crippen LogP contribution in [0.2, 0.25) is 5.02 Å². The summed E-state index contributed by atoms with van der Waals surface area (Å²) in [6.45, 7) is 0. The van der Waals surface area contributed by atoms with Crippen LogP contribution in [0.4, 0.5) is 11.4 Å². The number of para-hydroxylation sites is 1. The number of hydrogen-bond donors (Lipinski definition) is 2. The summed E-state index contributed by atoms with van der Waals surface area (Å²) in [5, 5.41) is 10.2. The number of rotatable bonds is 7. The number of anilines is 1. The first-order chi connectivity index (χ1) is 14.3. The first-order valence-electron chi connectivity index (χ1n) is 8.70. The normalized spacial score (nSPS) is 11.4. The molecule has 30 heavy (non-hydrogen) atoms. The van der Waals surface area contributed by atoms with E-state index in [1.807, 2.05) is 0 Å². The Morgan fingerprint density at radius 1 is 1.03 bits per heavy atom. The summed E-state index contributed by atoms with van der Waals surface area (Å²) in [6, 6.07) is 15.7. The van der Waals surface area contributed by atoms with Gasteiger partial charge in [0.05, 0.1) is 30.6 Å². The Morgan fingerprint density at radius 2 is 1.80 bits per heavy atom. The average molecular weight is 447 g/mol. The highest BCUT2D eigenvalue weighted by Gasteiger charge is 2.21. The number of hydrogen-bond acceptors (Lipinski definition) is 6. The Hall–Kier alpha value is -3.23. The molecule has 0 bridgehead atoms. The molecule has 9 heteroatoms. The predicted octanol–water partition coefficient (Wildman–Crippen LogP) is 4.61. The maximum Gasteiger partial charge on any atom is 0.265 e. The molecule has 3 rings (SSSR count). The number of benzene rings is 3. The summed E-state index contributed by atoms with van der Waals surface area (Å²) in [5.41, 5.74) is 1.01. The summed E-state index contributed by atoms with van der Waals surface area (Å²) in [7, 11) is -1.12. The minimum Gasteiger partial charge on any atom is -0.507 e. The number of nitrogens with one attached hydrogen (secondary N) is 1. The Balaban J connectivity index is 1.97. The molecule has 0 unspecified atom stereocenters. The van der Waals surface area contributed by atoms with Crippen molar-refractivity contribution in [3.8, 4) is 17.2 Å². The van der Waals surface area contributed by atoms with Gasteiger partial charge < -0.3 is 14.6 Å². The SMILES string of the molecule is COc1ccc(O)c(C=Nc2ccc(OC)c(S(=O)(=O)Nc3ccccc3Cl)c2)c1. The van der Waals surface area contributed by atoms with Gasteiger partial charge in [-0.1, -0.05) is 23.7 Å². The summed E-state index contributed by atoms with van der Waals surface area (Å²) in [5.74, 6) is 0.718. The Kier molecular flexibility index (Phi) is 6.49. The molecule has 0 aromatic heterocycles. The van der Waals surface area contributed by atoms with E-state index in [-0.39, 0.29) is 27.1 Å². The van der Waals surface area contributed by atoms with Gasteiger partial charge in [-0.15, -0.1) is 0 Å². The quantitative estimate of drug-likeness (QED) is 0.516. The lowest BCUT2D eigenvalue weighted by Gasteiger charge is -2.13. The summed E-state index contributed by atoms with van der Waals surface area (Å²) >= 11 is 6.06. The van der Waals surface area contributed by atoms with Crippen molar-refractivity contribution in [2.45, 2.75) is 4.90 Å². The Bertz CT molecular complexity index is 1200. The molecule has 0 spiro atoms. The molecule has 7 nitrogen and oxygen atoms in total. The first kappa shape index (κ1) is 21.5. The fourth-order valence-electron chi connectivity index (χ4n) is 2.61. The second-order valence-corrected chi connectivity index (χ2v) is 8.16. The highest BCUT2D eigenvalue weighted by molar-refractivity contribution is 7.92. The van der Waals surface area contributed by atoms with Crippen LogP contribution < -0.4 is 14.2 Å². The standard InChI is InChI=1S/C21H19ClN2O5S/c1-28-16-8-9-19(25)14(11-16)13-23-15-7-10-20(29-2)21(12-15)30(26,27)24-18-6-4-3-5-17(18)22/h3-13,24-25H,1-2H3. The van der Waals surface area contributed by atoms with Gasteiger partial charge in [-0.05, 0) is 48.5 Å². The molecule has 0 aliphatic carbocycles. The van der Waals surface area contributed by atoms with Crippen molar-refractivity contribution >= 4 is 39.2 Å². The second-order valence-electron chi connectivity index (χ2n) is 6.10. The molecule has 3 aromatic carbocycles. The van der Waals surface area contributed by atoms with Crippen LogP contribution >= 0.6 is 11.6 Å². The first-order valence-corrected chi connectivity index (χ1v) is 10.6. The van der Waals surface area contributed by atoms with Crippen LogP contribution in [0.25, 0.3) is 0 Å². The highest BCUT2D eigenvalue weighted by Crippen LogP contribution is 2.32. The summed E-state index contributed by atoms with van der Waals surface area (Å²) < 4.78 is 38.7. The van der Waals surface area contributed by atoms with Gasteiger partial charge in [0.2, 0.25) is 0 Å². The predicted molar refractivity (Wildman–Crippen MR) is 117 cm³/mol. The van der Waals surface area contributed by atoms with Gasteiger partial charge in [0.25, 0.3) is 10.0 Å². The van der Waals surface area contributed by atoms with Crippen LogP contribution in [0.1, 0.15) is 5.56 Å². The van der Waals surface area contributed by atoms with E-state index in [2.05, 4.69) is 9.71 Å². The number of methoxy groups -OCH3 is 2. The molecule has 0 aliphatic rings. The van der Waals surface area contributed by atoms with Gasteiger partial charge >= 0.3 is 0 Å². The van der Waals surface area contributed by atoms with E-state index in [0.29, 0.717) is 17.0 Å². The highest BCUT2D eigenvalue weighted by atomic mass is 35.5. The number of halogens is 1. The summed E-state index contributed by atoms with van der Waals surface area (Å²) in [6.07, 6.45) is 1.41. The molecule has 0 aliphatic heterocycles. The summed E-state index contributed by atoms with van der Waals surface area (Å²) in [4.78, 5) is 4.17.